The van der Waals surface area contributed by atoms with E-state index in [0.29, 0.717) is 12.0 Å². The van der Waals surface area contributed by atoms with Crippen LogP contribution in [0.15, 0.2) is 12.2 Å². The molecule has 0 spiro atoms. The second-order valence-electron chi connectivity index (χ2n) is 3.49. The Hall–Kier alpha value is -0.880. The van der Waals surface area contributed by atoms with Crippen molar-refractivity contribution in [2.45, 2.75) is 32.7 Å². The quantitative estimate of drug-likeness (QED) is 0.525. The molecule has 0 bridgehead atoms. The van der Waals surface area contributed by atoms with Crippen LogP contribution in [0.2, 0.25) is 0 Å². The van der Waals surface area contributed by atoms with E-state index in [9.17, 15) is 13.2 Å². The summed E-state index contributed by atoms with van der Waals surface area (Å²) in [5, 5.41) is 2.50. The third-order valence-electron chi connectivity index (χ3n) is 1.77. The smallest absolute Gasteiger partial charge is 0.266 e. The van der Waals surface area contributed by atoms with E-state index in [2.05, 4.69) is 11.9 Å². The van der Waals surface area contributed by atoms with Gasteiger partial charge in [0.05, 0.1) is 5.75 Å². The maximum absolute atomic E-state index is 11.2. The molecule has 0 saturated carbocycles. The van der Waals surface area contributed by atoms with Crippen LogP contribution in [-0.4, -0.2) is 30.7 Å². The first-order valence-corrected chi connectivity index (χ1v) is 6.28. The fourth-order valence-electron chi connectivity index (χ4n) is 1.11. The van der Waals surface area contributed by atoms with Crippen molar-refractivity contribution in [3.8, 4) is 0 Å². The van der Waals surface area contributed by atoms with Crippen molar-refractivity contribution < 1.29 is 17.8 Å². The lowest BCUT2D eigenvalue weighted by molar-refractivity contribution is -0.118. The lowest BCUT2D eigenvalue weighted by atomic mass is 10.2. The highest BCUT2D eigenvalue weighted by molar-refractivity contribution is 7.85. The summed E-state index contributed by atoms with van der Waals surface area (Å²) in [5.74, 6) is -0.850. The topological polar surface area (TPSA) is 83.5 Å². The zero-order valence-corrected chi connectivity index (χ0v) is 9.80. The molecular formula is C9H17NO4S. The van der Waals surface area contributed by atoms with Crippen LogP contribution >= 0.6 is 0 Å². The highest BCUT2D eigenvalue weighted by Crippen LogP contribution is 2.01. The van der Waals surface area contributed by atoms with Gasteiger partial charge in [0.1, 0.15) is 0 Å². The number of hydrogen-bond acceptors (Lipinski definition) is 3. The Bertz CT molecular complexity index is 334. The SMILES string of the molecule is C=C(C)C(=O)NC(CCC)CS(=O)(=O)O. The van der Waals surface area contributed by atoms with E-state index >= 15 is 0 Å². The Morgan fingerprint density at radius 2 is 2.07 bits per heavy atom. The van der Waals surface area contributed by atoms with Crippen molar-refractivity contribution in [2.75, 3.05) is 5.75 Å². The molecule has 2 N–H and O–H groups in total. The van der Waals surface area contributed by atoms with Gasteiger partial charge in [0.15, 0.2) is 0 Å². The van der Waals surface area contributed by atoms with E-state index in [-0.39, 0.29) is 0 Å². The van der Waals surface area contributed by atoms with Crippen molar-refractivity contribution in [3.63, 3.8) is 0 Å². The Kier molecular flexibility index (Phi) is 5.53. The monoisotopic (exact) mass is 235 g/mol. The molecule has 0 heterocycles. The molecule has 1 unspecified atom stereocenters. The molecule has 0 aliphatic carbocycles. The highest BCUT2D eigenvalue weighted by Gasteiger charge is 2.18. The van der Waals surface area contributed by atoms with E-state index in [0.717, 1.165) is 6.42 Å². The molecule has 0 saturated heterocycles. The molecule has 0 aliphatic heterocycles. The number of amides is 1. The van der Waals surface area contributed by atoms with Crippen LogP contribution in [0.25, 0.3) is 0 Å². The lowest BCUT2D eigenvalue weighted by Gasteiger charge is -2.16. The molecule has 0 fully saturated rings. The van der Waals surface area contributed by atoms with Crippen molar-refractivity contribution >= 4 is 16.0 Å². The van der Waals surface area contributed by atoms with Crippen LogP contribution in [0.5, 0.6) is 0 Å². The number of hydrogen-bond donors (Lipinski definition) is 2. The first-order valence-electron chi connectivity index (χ1n) is 4.67. The molecule has 6 heteroatoms. The summed E-state index contributed by atoms with van der Waals surface area (Å²) in [6, 6.07) is -0.561. The van der Waals surface area contributed by atoms with E-state index in [1.165, 1.54) is 6.92 Å². The predicted molar refractivity (Wildman–Crippen MR) is 58.1 cm³/mol. The third kappa shape index (κ3) is 7.10. The molecular weight excluding hydrogens is 218 g/mol. The van der Waals surface area contributed by atoms with Crippen molar-refractivity contribution in [1.29, 1.82) is 0 Å². The average molecular weight is 235 g/mol. The second-order valence-corrected chi connectivity index (χ2v) is 4.99. The van der Waals surface area contributed by atoms with Crippen molar-refractivity contribution in [2.24, 2.45) is 0 Å². The van der Waals surface area contributed by atoms with Gasteiger partial charge in [-0.1, -0.05) is 19.9 Å². The molecule has 0 aromatic heterocycles. The number of nitrogens with one attached hydrogen (secondary N) is 1. The molecule has 0 radical (unpaired) electrons. The molecule has 0 aromatic rings. The van der Waals surface area contributed by atoms with Gasteiger partial charge in [-0.25, -0.2) is 0 Å². The maximum Gasteiger partial charge on any atom is 0.266 e. The summed E-state index contributed by atoms with van der Waals surface area (Å²) in [7, 11) is -4.06. The van der Waals surface area contributed by atoms with Crippen molar-refractivity contribution in [1.82, 2.24) is 5.32 Å². The largest absolute Gasteiger partial charge is 0.348 e. The van der Waals surface area contributed by atoms with Gasteiger partial charge in [-0.3, -0.25) is 9.35 Å². The average Bonchev–Trinajstić information content (AvgIpc) is 2.00. The molecule has 0 aromatic carbocycles. The minimum atomic E-state index is -4.06. The Morgan fingerprint density at radius 1 is 1.53 bits per heavy atom. The van der Waals surface area contributed by atoms with Crippen molar-refractivity contribution in [3.05, 3.63) is 12.2 Å². The zero-order chi connectivity index (χ0) is 12.1. The predicted octanol–water partition coefficient (Wildman–Crippen LogP) is 0.735. The Balaban J connectivity index is 4.41. The van der Waals surface area contributed by atoms with Crippen LogP contribution in [0.4, 0.5) is 0 Å². The van der Waals surface area contributed by atoms with E-state index in [1.54, 1.807) is 0 Å². The maximum atomic E-state index is 11.2. The van der Waals surface area contributed by atoms with Gasteiger partial charge >= 0.3 is 0 Å². The Labute approximate surface area is 90.3 Å². The second kappa shape index (κ2) is 5.87. The third-order valence-corrected chi connectivity index (χ3v) is 2.60. The molecule has 0 rings (SSSR count). The molecule has 88 valence electrons. The lowest BCUT2D eigenvalue weighted by Crippen LogP contribution is -2.39. The highest BCUT2D eigenvalue weighted by atomic mass is 32.2. The molecule has 1 amide bonds. The minimum Gasteiger partial charge on any atom is -0.348 e. The van der Waals surface area contributed by atoms with Gasteiger partial charge < -0.3 is 5.32 Å². The summed E-state index contributed by atoms with van der Waals surface area (Å²) in [5.41, 5.74) is 0.312. The van der Waals surface area contributed by atoms with Crippen LogP contribution in [0.3, 0.4) is 0 Å². The summed E-state index contributed by atoms with van der Waals surface area (Å²) in [6.07, 6.45) is 1.22. The Morgan fingerprint density at radius 3 is 2.40 bits per heavy atom. The standard InChI is InChI=1S/C9H17NO4S/c1-4-5-8(6-15(12,13)14)10-9(11)7(2)3/h8H,2,4-6H2,1,3H3,(H,10,11)(H,12,13,14). The van der Waals surface area contributed by atoms with Gasteiger partial charge in [-0.2, -0.15) is 8.42 Å². The van der Waals surface area contributed by atoms with Gasteiger partial charge in [0.25, 0.3) is 10.1 Å². The van der Waals surface area contributed by atoms with Crippen LogP contribution in [-0.2, 0) is 14.9 Å². The van der Waals surface area contributed by atoms with E-state index < -0.39 is 27.8 Å². The normalized spacial score (nSPS) is 13.3. The fraction of sp³-hybridized carbons (Fsp3) is 0.667. The molecule has 5 nitrogen and oxygen atoms in total. The number of carbonyl (C=O) groups excluding carboxylic acids is 1. The van der Waals surface area contributed by atoms with E-state index in [4.69, 9.17) is 4.55 Å². The van der Waals surface area contributed by atoms with Crippen LogP contribution in [0.1, 0.15) is 26.7 Å². The number of rotatable bonds is 6. The van der Waals surface area contributed by atoms with Gasteiger partial charge in [0.2, 0.25) is 5.91 Å². The number of carbonyl (C=O) groups is 1. The first-order chi connectivity index (χ1) is 6.76. The summed E-state index contributed by atoms with van der Waals surface area (Å²) >= 11 is 0. The molecule has 1 atom stereocenters. The van der Waals surface area contributed by atoms with Gasteiger partial charge in [-0.15, -0.1) is 0 Å². The summed E-state index contributed by atoms with van der Waals surface area (Å²) in [6.45, 7) is 6.84. The van der Waals surface area contributed by atoms with Gasteiger partial charge in [-0.05, 0) is 13.3 Å². The first kappa shape index (κ1) is 14.1. The summed E-state index contributed by atoms with van der Waals surface area (Å²) < 4.78 is 30.0. The fourth-order valence-corrected chi connectivity index (χ4v) is 1.87. The van der Waals surface area contributed by atoms with Crippen LogP contribution in [0, 0.1) is 0 Å². The van der Waals surface area contributed by atoms with E-state index in [1.807, 2.05) is 6.92 Å². The molecule has 15 heavy (non-hydrogen) atoms. The zero-order valence-electron chi connectivity index (χ0n) is 8.99. The summed E-state index contributed by atoms with van der Waals surface area (Å²) in [4.78, 5) is 11.2. The molecule has 0 aliphatic rings. The minimum absolute atomic E-state index is 0.312. The van der Waals surface area contributed by atoms with Gasteiger partial charge in [0, 0.05) is 11.6 Å². The van der Waals surface area contributed by atoms with Crippen LogP contribution < -0.4 is 5.32 Å².